The van der Waals surface area contributed by atoms with Gasteiger partial charge in [-0.3, -0.25) is 9.36 Å². The molecule has 0 saturated carbocycles. The second-order valence-electron chi connectivity index (χ2n) is 6.08. The third-order valence-electron chi connectivity index (χ3n) is 4.48. The van der Waals surface area contributed by atoms with Gasteiger partial charge in [-0.2, -0.15) is 0 Å². The van der Waals surface area contributed by atoms with E-state index in [4.69, 9.17) is 4.74 Å². The fourth-order valence-electron chi connectivity index (χ4n) is 3.21. The van der Waals surface area contributed by atoms with Crippen molar-refractivity contribution < 1.29 is 4.74 Å². The molecule has 2 aromatic carbocycles. The molecule has 0 N–H and O–H groups in total. The average Bonchev–Trinajstić information content (AvgIpc) is 2.64. The molecule has 3 aromatic rings. The molecule has 6 heteroatoms. The number of rotatable bonds is 2. The molecule has 0 amide bonds. The maximum atomic E-state index is 13.0. The third kappa shape index (κ3) is 3.16. The molecule has 1 fully saturated rings. The minimum absolute atomic E-state index is 0.0276. The van der Waals surface area contributed by atoms with Gasteiger partial charge in [0.2, 0.25) is 0 Å². The maximum Gasteiger partial charge on any atom is 0.265 e. The van der Waals surface area contributed by atoms with Crippen molar-refractivity contribution in [2.24, 2.45) is 0 Å². The molecule has 0 spiro atoms. The zero-order valence-electron chi connectivity index (χ0n) is 13.9. The first-order valence-electron chi connectivity index (χ1n) is 8.25. The number of ether oxygens (including phenoxy) is 1. The number of nitrogens with zero attached hydrogens (tertiary/aromatic N) is 3. The molecule has 1 aliphatic rings. The molecule has 0 unspecified atom stereocenters. The largest absolute Gasteiger partial charge is 0.378 e. The van der Waals surface area contributed by atoms with Crippen molar-refractivity contribution in [2.75, 3.05) is 31.2 Å². The average molecular weight is 447 g/mol. The van der Waals surface area contributed by atoms with Gasteiger partial charge in [0, 0.05) is 22.3 Å². The number of aromatic nitrogens is 2. The summed E-state index contributed by atoms with van der Waals surface area (Å²) in [6.45, 7) is 5.18. The van der Waals surface area contributed by atoms with Crippen molar-refractivity contribution in [3.05, 3.63) is 62.2 Å². The van der Waals surface area contributed by atoms with Crippen LogP contribution >= 0.6 is 22.6 Å². The van der Waals surface area contributed by atoms with Gasteiger partial charge >= 0.3 is 0 Å². The number of halogens is 1. The van der Waals surface area contributed by atoms with Crippen LogP contribution in [0.15, 0.2) is 47.3 Å². The predicted octanol–water partition coefficient (Wildman–Crippen LogP) is 3.14. The molecule has 0 radical (unpaired) electrons. The number of benzene rings is 2. The van der Waals surface area contributed by atoms with Gasteiger partial charge in [0.15, 0.2) is 0 Å². The normalized spacial score (nSPS) is 14.9. The van der Waals surface area contributed by atoms with E-state index in [1.165, 1.54) is 0 Å². The van der Waals surface area contributed by atoms with Gasteiger partial charge in [-0.1, -0.05) is 0 Å². The fraction of sp³-hybridized carbons (Fsp3) is 0.263. The standard InChI is InChI=1S/C19H18IN3O2/c1-13-21-18-7-2-14(20)12-17(18)19(24)23(13)16-5-3-15(4-6-16)22-8-10-25-11-9-22/h2-7,12H,8-11H2,1H3. The lowest BCUT2D eigenvalue weighted by Crippen LogP contribution is -2.36. The lowest BCUT2D eigenvalue weighted by molar-refractivity contribution is 0.122. The second kappa shape index (κ2) is 6.76. The number of aryl methyl sites for hydroxylation is 1. The highest BCUT2D eigenvalue weighted by Gasteiger charge is 2.13. The minimum Gasteiger partial charge on any atom is -0.378 e. The van der Waals surface area contributed by atoms with E-state index >= 15 is 0 Å². The lowest BCUT2D eigenvalue weighted by atomic mass is 10.2. The first-order chi connectivity index (χ1) is 12.1. The Morgan fingerprint density at radius 3 is 2.44 bits per heavy atom. The van der Waals surface area contributed by atoms with E-state index in [0.29, 0.717) is 11.2 Å². The van der Waals surface area contributed by atoms with Gasteiger partial charge in [0.05, 0.1) is 29.8 Å². The summed E-state index contributed by atoms with van der Waals surface area (Å²) >= 11 is 2.22. The molecule has 0 bridgehead atoms. The van der Waals surface area contributed by atoms with Gasteiger partial charge in [-0.05, 0) is 72.0 Å². The van der Waals surface area contributed by atoms with E-state index in [-0.39, 0.29) is 5.56 Å². The van der Waals surface area contributed by atoms with E-state index in [0.717, 1.165) is 46.8 Å². The van der Waals surface area contributed by atoms with Crippen molar-refractivity contribution >= 4 is 39.2 Å². The highest BCUT2D eigenvalue weighted by molar-refractivity contribution is 14.1. The number of fused-ring (bicyclic) bond motifs is 1. The van der Waals surface area contributed by atoms with Gasteiger partial charge < -0.3 is 9.64 Å². The van der Waals surface area contributed by atoms with Gasteiger partial charge in [0.1, 0.15) is 5.82 Å². The van der Waals surface area contributed by atoms with E-state index in [1.807, 2.05) is 37.3 Å². The van der Waals surface area contributed by atoms with Crippen LogP contribution in [0.1, 0.15) is 5.82 Å². The summed E-state index contributed by atoms with van der Waals surface area (Å²) in [6, 6.07) is 13.9. The van der Waals surface area contributed by atoms with Crippen LogP contribution in [0.25, 0.3) is 16.6 Å². The van der Waals surface area contributed by atoms with Gasteiger partial charge in [0.25, 0.3) is 5.56 Å². The molecule has 2 heterocycles. The first kappa shape index (κ1) is 16.5. The van der Waals surface area contributed by atoms with Crippen molar-refractivity contribution in [3.63, 3.8) is 0 Å². The lowest BCUT2D eigenvalue weighted by Gasteiger charge is -2.29. The Bertz CT molecular complexity index is 976. The predicted molar refractivity (Wildman–Crippen MR) is 108 cm³/mol. The zero-order chi connectivity index (χ0) is 17.4. The quantitative estimate of drug-likeness (QED) is 0.567. The Kier molecular flexibility index (Phi) is 4.47. The summed E-state index contributed by atoms with van der Waals surface area (Å²) in [7, 11) is 0. The summed E-state index contributed by atoms with van der Waals surface area (Å²) in [5.41, 5.74) is 2.71. The number of hydrogen-bond acceptors (Lipinski definition) is 4. The molecule has 1 aromatic heterocycles. The molecule has 25 heavy (non-hydrogen) atoms. The van der Waals surface area contributed by atoms with Crippen LogP contribution in [-0.2, 0) is 4.74 Å². The number of anilines is 1. The van der Waals surface area contributed by atoms with Crippen LogP contribution in [0.5, 0.6) is 0 Å². The molecule has 0 aliphatic carbocycles. The molecular weight excluding hydrogens is 429 g/mol. The number of hydrogen-bond donors (Lipinski definition) is 0. The summed E-state index contributed by atoms with van der Waals surface area (Å²) in [5, 5.41) is 0.648. The molecule has 128 valence electrons. The van der Waals surface area contributed by atoms with Crippen LogP contribution in [0, 0.1) is 10.5 Å². The Morgan fingerprint density at radius 1 is 1.04 bits per heavy atom. The van der Waals surface area contributed by atoms with Crippen LogP contribution in [-0.4, -0.2) is 35.9 Å². The van der Waals surface area contributed by atoms with Crippen molar-refractivity contribution in [2.45, 2.75) is 6.92 Å². The first-order valence-corrected chi connectivity index (χ1v) is 9.33. The maximum absolute atomic E-state index is 13.0. The van der Waals surface area contributed by atoms with E-state index < -0.39 is 0 Å². The summed E-state index contributed by atoms with van der Waals surface area (Å²) < 4.78 is 8.11. The third-order valence-corrected chi connectivity index (χ3v) is 5.15. The highest BCUT2D eigenvalue weighted by atomic mass is 127. The summed E-state index contributed by atoms with van der Waals surface area (Å²) in [5.74, 6) is 0.692. The van der Waals surface area contributed by atoms with Crippen LogP contribution in [0.4, 0.5) is 5.69 Å². The Morgan fingerprint density at radius 2 is 1.72 bits per heavy atom. The van der Waals surface area contributed by atoms with Crippen molar-refractivity contribution in [1.29, 1.82) is 0 Å². The van der Waals surface area contributed by atoms with Crippen LogP contribution < -0.4 is 10.5 Å². The second-order valence-corrected chi connectivity index (χ2v) is 7.32. The summed E-state index contributed by atoms with van der Waals surface area (Å²) in [6.07, 6.45) is 0. The molecule has 5 nitrogen and oxygen atoms in total. The minimum atomic E-state index is -0.0276. The van der Waals surface area contributed by atoms with E-state index in [2.05, 4.69) is 44.6 Å². The van der Waals surface area contributed by atoms with Gasteiger partial charge in [-0.15, -0.1) is 0 Å². The molecule has 4 rings (SSSR count). The molecule has 1 saturated heterocycles. The number of morpholine rings is 1. The van der Waals surface area contributed by atoms with E-state index in [1.54, 1.807) is 4.57 Å². The molecular formula is C19H18IN3O2. The van der Waals surface area contributed by atoms with Crippen molar-refractivity contribution in [3.8, 4) is 5.69 Å². The highest BCUT2D eigenvalue weighted by Crippen LogP contribution is 2.20. The van der Waals surface area contributed by atoms with Crippen LogP contribution in [0.2, 0.25) is 0 Å². The monoisotopic (exact) mass is 447 g/mol. The molecule has 0 atom stereocenters. The Balaban J connectivity index is 1.77. The SMILES string of the molecule is Cc1nc2ccc(I)cc2c(=O)n1-c1ccc(N2CCOCC2)cc1. The topological polar surface area (TPSA) is 47.4 Å². The summed E-state index contributed by atoms with van der Waals surface area (Å²) in [4.78, 5) is 19.9. The van der Waals surface area contributed by atoms with Gasteiger partial charge in [-0.25, -0.2) is 4.98 Å². The van der Waals surface area contributed by atoms with Crippen LogP contribution in [0.3, 0.4) is 0 Å². The van der Waals surface area contributed by atoms with E-state index in [9.17, 15) is 4.79 Å². The Labute approximate surface area is 159 Å². The molecule has 1 aliphatic heterocycles. The van der Waals surface area contributed by atoms with Crippen molar-refractivity contribution in [1.82, 2.24) is 9.55 Å². The zero-order valence-corrected chi connectivity index (χ0v) is 16.1. The smallest absolute Gasteiger partial charge is 0.265 e. The Hall–Kier alpha value is -1.93. The fourth-order valence-corrected chi connectivity index (χ4v) is 3.70.